The molecule has 0 radical (unpaired) electrons. The summed E-state index contributed by atoms with van der Waals surface area (Å²) in [4.78, 5) is 24.2. The van der Waals surface area contributed by atoms with Gasteiger partial charge in [0.05, 0.1) is 17.8 Å². The number of anilines is 1. The predicted molar refractivity (Wildman–Crippen MR) is 118 cm³/mol. The molecular formula is C24H21FN4O3. The molecule has 162 valence electrons. The summed E-state index contributed by atoms with van der Waals surface area (Å²) < 4.78 is 21.2. The van der Waals surface area contributed by atoms with Gasteiger partial charge in [-0.1, -0.05) is 12.1 Å². The number of amides is 2. The second-order valence-corrected chi connectivity index (χ2v) is 7.07. The lowest BCUT2D eigenvalue weighted by Gasteiger charge is -2.08. The fourth-order valence-corrected chi connectivity index (χ4v) is 3.15. The number of hydrogen-bond donors (Lipinski definition) is 2. The van der Waals surface area contributed by atoms with Gasteiger partial charge in [-0.25, -0.2) is 9.07 Å². The molecule has 0 fully saturated rings. The molecule has 2 N–H and O–H groups in total. The second kappa shape index (κ2) is 9.74. The van der Waals surface area contributed by atoms with E-state index in [2.05, 4.69) is 15.7 Å². The number of halogens is 1. The van der Waals surface area contributed by atoms with E-state index in [1.165, 1.54) is 6.07 Å². The van der Waals surface area contributed by atoms with Gasteiger partial charge in [0.25, 0.3) is 0 Å². The van der Waals surface area contributed by atoms with E-state index in [1.807, 2.05) is 24.4 Å². The molecule has 0 bridgehead atoms. The quantitative estimate of drug-likeness (QED) is 0.441. The third kappa shape index (κ3) is 5.28. The minimum Gasteiger partial charge on any atom is -0.461 e. The zero-order valence-electron chi connectivity index (χ0n) is 17.1. The number of aromatic nitrogens is 2. The number of furan rings is 1. The first-order valence-electron chi connectivity index (χ1n) is 10.1. The second-order valence-electron chi connectivity index (χ2n) is 7.07. The molecule has 0 aliphatic carbocycles. The molecule has 0 atom stereocenters. The molecule has 8 heteroatoms. The fraction of sp³-hybridized carbons (Fsp3) is 0.125. The maximum Gasteiger partial charge on any atom is 0.243 e. The van der Waals surface area contributed by atoms with E-state index in [0.29, 0.717) is 29.2 Å². The Bertz CT molecular complexity index is 1200. The van der Waals surface area contributed by atoms with Gasteiger partial charge in [-0.3, -0.25) is 9.59 Å². The van der Waals surface area contributed by atoms with E-state index in [0.717, 1.165) is 5.69 Å². The lowest BCUT2D eigenvalue weighted by Crippen LogP contribution is -2.32. The SMILES string of the molecule is O=C(CCc1ccc(-c2ccccc2F)o1)NCC(=O)Nc1ccc(-n2cccn2)cc1. The number of nitrogens with zero attached hydrogens (tertiary/aromatic N) is 2. The molecule has 0 aliphatic heterocycles. The van der Waals surface area contributed by atoms with Crippen LogP contribution in [0.2, 0.25) is 0 Å². The Hall–Kier alpha value is -4.20. The highest BCUT2D eigenvalue weighted by Gasteiger charge is 2.11. The Labute approximate surface area is 183 Å². The third-order valence-corrected chi connectivity index (χ3v) is 4.77. The Morgan fingerprint density at radius 2 is 1.78 bits per heavy atom. The van der Waals surface area contributed by atoms with Crippen LogP contribution in [-0.4, -0.2) is 28.1 Å². The van der Waals surface area contributed by atoms with Gasteiger partial charge in [0.1, 0.15) is 17.3 Å². The molecule has 0 saturated heterocycles. The average Bonchev–Trinajstić information content (AvgIpc) is 3.50. The first-order chi connectivity index (χ1) is 15.6. The van der Waals surface area contributed by atoms with Crippen LogP contribution < -0.4 is 10.6 Å². The monoisotopic (exact) mass is 432 g/mol. The van der Waals surface area contributed by atoms with Crippen molar-refractivity contribution < 1.29 is 18.4 Å². The van der Waals surface area contributed by atoms with Crippen molar-refractivity contribution in [2.75, 3.05) is 11.9 Å². The van der Waals surface area contributed by atoms with Crippen molar-refractivity contribution >= 4 is 17.5 Å². The van der Waals surface area contributed by atoms with Gasteiger partial charge in [0.15, 0.2) is 0 Å². The van der Waals surface area contributed by atoms with Gasteiger partial charge in [-0.2, -0.15) is 5.10 Å². The highest BCUT2D eigenvalue weighted by molar-refractivity contribution is 5.94. The molecule has 4 rings (SSSR count). The predicted octanol–water partition coefficient (Wildman–Crippen LogP) is 3.96. The molecule has 32 heavy (non-hydrogen) atoms. The normalized spacial score (nSPS) is 10.7. The van der Waals surface area contributed by atoms with Crippen LogP contribution in [0.25, 0.3) is 17.0 Å². The van der Waals surface area contributed by atoms with Crippen molar-refractivity contribution in [1.29, 1.82) is 0 Å². The van der Waals surface area contributed by atoms with Gasteiger partial charge >= 0.3 is 0 Å². The van der Waals surface area contributed by atoms with Crippen molar-refractivity contribution in [3.8, 4) is 17.0 Å². The molecule has 4 aromatic rings. The third-order valence-electron chi connectivity index (χ3n) is 4.77. The first kappa shape index (κ1) is 21.0. The number of hydrogen-bond acceptors (Lipinski definition) is 4. The maximum absolute atomic E-state index is 13.8. The summed E-state index contributed by atoms with van der Waals surface area (Å²) in [6.45, 7) is -0.141. The molecule has 2 amide bonds. The molecule has 0 spiro atoms. The molecule has 0 unspecified atom stereocenters. The summed E-state index contributed by atoms with van der Waals surface area (Å²) in [5, 5.41) is 9.46. The summed E-state index contributed by atoms with van der Waals surface area (Å²) in [7, 11) is 0. The zero-order chi connectivity index (χ0) is 22.3. The van der Waals surface area contributed by atoms with Crippen molar-refractivity contribution in [2.24, 2.45) is 0 Å². The van der Waals surface area contributed by atoms with Crippen molar-refractivity contribution in [1.82, 2.24) is 15.1 Å². The van der Waals surface area contributed by atoms with Crippen LogP contribution in [0, 0.1) is 5.82 Å². The van der Waals surface area contributed by atoms with Crippen molar-refractivity contribution in [3.05, 3.63) is 90.7 Å². The Balaban J connectivity index is 1.21. The van der Waals surface area contributed by atoms with E-state index in [4.69, 9.17) is 4.42 Å². The maximum atomic E-state index is 13.8. The summed E-state index contributed by atoms with van der Waals surface area (Å²) in [5.74, 6) is 0.00724. The number of aryl methyl sites for hydroxylation is 1. The summed E-state index contributed by atoms with van der Waals surface area (Å²) in [6.07, 6.45) is 4.01. The van der Waals surface area contributed by atoms with Crippen LogP contribution in [0.15, 0.2) is 83.5 Å². The van der Waals surface area contributed by atoms with Crippen molar-refractivity contribution in [3.63, 3.8) is 0 Å². The summed E-state index contributed by atoms with van der Waals surface area (Å²) >= 11 is 0. The van der Waals surface area contributed by atoms with Gasteiger partial charge < -0.3 is 15.1 Å². The molecule has 2 heterocycles. The summed E-state index contributed by atoms with van der Waals surface area (Å²) in [5.41, 5.74) is 1.87. The lowest BCUT2D eigenvalue weighted by molar-refractivity contribution is -0.124. The smallest absolute Gasteiger partial charge is 0.243 e. The molecule has 7 nitrogen and oxygen atoms in total. The highest BCUT2D eigenvalue weighted by atomic mass is 19.1. The number of benzene rings is 2. The van der Waals surface area contributed by atoms with Crippen LogP contribution in [0.5, 0.6) is 0 Å². The van der Waals surface area contributed by atoms with Gasteiger partial charge in [0, 0.05) is 30.9 Å². The fourth-order valence-electron chi connectivity index (χ4n) is 3.15. The highest BCUT2D eigenvalue weighted by Crippen LogP contribution is 2.25. The summed E-state index contributed by atoms with van der Waals surface area (Å²) in [6, 6.07) is 18.8. The van der Waals surface area contributed by atoms with E-state index < -0.39 is 0 Å². The first-order valence-corrected chi connectivity index (χ1v) is 10.1. The van der Waals surface area contributed by atoms with Gasteiger partial charge in [0.2, 0.25) is 11.8 Å². The Morgan fingerprint density at radius 3 is 2.53 bits per heavy atom. The van der Waals surface area contributed by atoms with Crippen LogP contribution in [-0.2, 0) is 16.0 Å². The topological polar surface area (TPSA) is 89.2 Å². The zero-order valence-corrected chi connectivity index (χ0v) is 17.1. The average molecular weight is 432 g/mol. The number of carbonyl (C=O) groups excluding carboxylic acids is 2. The molecule has 0 aliphatic rings. The minimum atomic E-state index is -0.367. The van der Waals surface area contributed by atoms with E-state index in [1.54, 1.807) is 53.3 Å². The van der Waals surface area contributed by atoms with E-state index in [-0.39, 0.29) is 30.6 Å². The van der Waals surface area contributed by atoms with Crippen molar-refractivity contribution in [2.45, 2.75) is 12.8 Å². The Kier molecular flexibility index (Phi) is 6.41. The molecular weight excluding hydrogens is 411 g/mol. The lowest BCUT2D eigenvalue weighted by atomic mass is 10.1. The largest absolute Gasteiger partial charge is 0.461 e. The van der Waals surface area contributed by atoms with E-state index in [9.17, 15) is 14.0 Å². The molecule has 2 aromatic heterocycles. The van der Waals surface area contributed by atoms with Crippen LogP contribution >= 0.6 is 0 Å². The van der Waals surface area contributed by atoms with E-state index >= 15 is 0 Å². The Morgan fingerprint density at radius 1 is 0.969 bits per heavy atom. The minimum absolute atomic E-state index is 0.141. The van der Waals surface area contributed by atoms with Gasteiger partial charge in [-0.15, -0.1) is 0 Å². The van der Waals surface area contributed by atoms with Crippen LogP contribution in [0.1, 0.15) is 12.2 Å². The molecule has 2 aromatic carbocycles. The molecule has 0 saturated carbocycles. The van der Waals surface area contributed by atoms with Crippen LogP contribution in [0.3, 0.4) is 0 Å². The number of carbonyl (C=O) groups is 2. The van der Waals surface area contributed by atoms with Gasteiger partial charge in [-0.05, 0) is 54.6 Å². The number of rotatable bonds is 8. The standard InChI is InChI=1S/C24H21FN4O3/c25-21-5-2-1-4-20(21)22-12-10-19(32-22)11-13-23(30)26-16-24(31)28-17-6-8-18(9-7-17)29-15-3-14-27-29/h1-10,12,14-15H,11,13,16H2,(H,26,30)(H,28,31). The van der Waals surface area contributed by atoms with Crippen LogP contribution in [0.4, 0.5) is 10.1 Å². The number of nitrogens with one attached hydrogen (secondary N) is 2.